The van der Waals surface area contributed by atoms with Gasteiger partial charge >= 0.3 is 6.03 Å². The van der Waals surface area contributed by atoms with Crippen LogP contribution in [0, 0.1) is 12.7 Å². The number of pyridine rings is 1. The third kappa shape index (κ3) is 6.19. The number of carbonyl (C=O) groups is 1. The second-order valence-corrected chi connectivity index (χ2v) is 8.38. The zero-order valence-electron chi connectivity index (χ0n) is 15.9. The third-order valence-electron chi connectivity index (χ3n) is 4.48. The van der Waals surface area contributed by atoms with E-state index in [1.165, 1.54) is 22.6 Å². The van der Waals surface area contributed by atoms with Crippen LogP contribution >= 0.6 is 0 Å². The molecule has 0 bridgehead atoms. The molecule has 1 aromatic heterocycles. The molecular weight excluding hydrogens is 399 g/mol. The van der Waals surface area contributed by atoms with E-state index in [4.69, 9.17) is 5.14 Å². The molecule has 9 nitrogen and oxygen atoms in total. The normalized spacial score (nSPS) is 15.8. The summed E-state index contributed by atoms with van der Waals surface area (Å²) in [6, 6.07) is 7.29. The van der Waals surface area contributed by atoms with Crippen molar-refractivity contribution in [2.75, 3.05) is 36.8 Å². The molecule has 0 spiro atoms. The number of rotatable bonds is 5. The van der Waals surface area contributed by atoms with E-state index < -0.39 is 22.1 Å². The Morgan fingerprint density at radius 1 is 1.14 bits per heavy atom. The minimum Gasteiger partial charge on any atom is -0.308 e. The molecule has 29 heavy (non-hydrogen) atoms. The van der Waals surface area contributed by atoms with Crippen molar-refractivity contribution in [3.63, 3.8) is 0 Å². The summed E-state index contributed by atoms with van der Waals surface area (Å²) >= 11 is 0. The van der Waals surface area contributed by atoms with Gasteiger partial charge in [0.25, 0.3) is 10.2 Å². The molecule has 3 rings (SSSR count). The highest BCUT2D eigenvalue weighted by Crippen LogP contribution is 2.18. The van der Waals surface area contributed by atoms with Gasteiger partial charge in [-0.25, -0.2) is 14.3 Å². The SMILES string of the molecule is Cc1ccc(NC(=O)Nc2cc(F)cc(CN3CCN(S(N)(=O)=O)CC3)c2)cn1. The van der Waals surface area contributed by atoms with Crippen LogP contribution in [0.4, 0.5) is 20.6 Å². The minimum atomic E-state index is -3.69. The van der Waals surface area contributed by atoms with Crippen LogP contribution in [0.5, 0.6) is 0 Å². The summed E-state index contributed by atoms with van der Waals surface area (Å²) in [5, 5.41) is 10.4. The standard InChI is InChI=1S/C18H23FN6O3S/c1-13-2-3-16(11-21-13)22-18(26)23-17-9-14(8-15(19)10-17)12-24-4-6-25(7-5-24)29(20,27)28/h2-3,8-11H,4-7,12H2,1H3,(H2,20,27,28)(H2,22,23,26). The summed E-state index contributed by atoms with van der Waals surface area (Å²) in [4.78, 5) is 18.2. The average molecular weight is 422 g/mol. The molecule has 1 aromatic carbocycles. The Morgan fingerprint density at radius 2 is 1.83 bits per heavy atom. The van der Waals surface area contributed by atoms with Crippen LogP contribution in [0.3, 0.4) is 0 Å². The van der Waals surface area contributed by atoms with Crippen molar-refractivity contribution >= 4 is 27.6 Å². The van der Waals surface area contributed by atoms with Crippen LogP contribution in [0.15, 0.2) is 36.5 Å². The van der Waals surface area contributed by atoms with E-state index in [1.807, 2.05) is 11.8 Å². The summed E-state index contributed by atoms with van der Waals surface area (Å²) in [7, 11) is -3.69. The molecule has 156 valence electrons. The van der Waals surface area contributed by atoms with Crippen molar-refractivity contribution in [2.24, 2.45) is 5.14 Å². The maximum Gasteiger partial charge on any atom is 0.323 e. The molecule has 2 amide bonds. The number of aromatic nitrogens is 1. The number of piperazine rings is 1. The monoisotopic (exact) mass is 422 g/mol. The van der Waals surface area contributed by atoms with Gasteiger partial charge in [-0.2, -0.15) is 12.7 Å². The molecule has 11 heteroatoms. The number of nitrogens with one attached hydrogen (secondary N) is 2. The Hall–Kier alpha value is -2.60. The van der Waals surface area contributed by atoms with E-state index in [-0.39, 0.29) is 13.1 Å². The fourth-order valence-electron chi connectivity index (χ4n) is 3.05. The molecule has 0 radical (unpaired) electrons. The van der Waals surface area contributed by atoms with E-state index in [9.17, 15) is 17.6 Å². The number of benzene rings is 1. The maximum atomic E-state index is 14.0. The first kappa shape index (κ1) is 21.1. The molecule has 1 aliphatic rings. The summed E-state index contributed by atoms with van der Waals surface area (Å²) in [5.41, 5.74) is 2.34. The highest BCUT2D eigenvalue weighted by atomic mass is 32.2. The van der Waals surface area contributed by atoms with Gasteiger partial charge in [0, 0.05) is 44.1 Å². The topological polar surface area (TPSA) is 121 Å². The largest absolute Gasteiger partial charge is 0.323 e. The number of halogens is 1. The van der Waals surface area contributed by atoms with Crippen molar-refractivity contribution in [1.82, 2.24) is 14.2 Å². The highest BCUT2D eigenvalue weighted by Gasteiger charge is 2.24. The predicted octanol–water partition coefficient (Wildman–Crippen LogP) is 1.49. The van der Waals surface area contributed by atoms with Crippen LogP contribution in [0.2, 0.25) is 0 Å². The van der Waals surface area contributed by atoms with E-state index >= 15 is 0 Å². The Kier molecular flexibility index (Phi) is 6.42. The molecule has 0 atom stereocenters. The van der Waals surface area contributed by atoms with Crippen LogP contribution in [0.1, 0.15) is 11.3 Å². The first-order valence-corrected chi connectivity index (χ1v) is 10.5. The van der Waals surface area contributed by atoms with Crippen LogP contribution in [-0.2, 0) is 16.8 Å². The lowest BCUT2D eigenvalue weighted by molar-refractivity contribution is 0.181. The Morgan fingerprint density at radius 3 is 2.45 bits per heavy atom. The number of aryl methyl sites for hydroxylation is 1. The predicted molar refractivity (Wildman–Crippen MR) is 108 cm³/mol. The number of carbonyl (C=O) groups excluding carboxylic acids is 1. The lowest BCUT2D eigenvalue weighted by Crippen LogP contribution is -2.50. The quantitative estimate of drug-likeness (QED) is 0.674. The summed E-state index contributed by atoms with van der Waals surface area (Å²) in [5.74, 6) is -0.474. The Bertz CT molecular complexity index is 976. The maximum absolute atomic E-state index is 14.0. The number of anilines is 2. The van der Waals surface area contributed by atoms with Crippen LogP contribution in [0.25, 0.3) is 0 Å². The number of nitrogens with two attached hydrogens (primary N) is 1. The summed E-state index contributed by atoms with van der Waals surface area (Å²) in [6.45, 7) is 3.80. The van der Waals surface area contributed by atoms with E-state index in [1.54, 1.807) is 18.2 Å². The zero-order chi connectivity index (χ0) is 21.0. The summed E-state index contributed by atoms with van der Waals surface area (Å²) < 4.78 is 38.0. The van der Waals surface area contributed by atoms with E-state index in [0.29, 0.717) is 36.6 Å². The van der Waals surface area contributed by atoms with Gasteiger partial charge in [-0.1, -0.05) is 0 Å². The number of amides is 2. The zero-order valence-corrected chi connectivity index (χ0v) is 16.7. The van der Waals surface area contributed by atoms with Crippen molar-refractivity contribution in [3.8, 4) is 0 Å². The first-order chi connectivity index (χ1) is 13.7. The van der Waals surface area contributed by atoms with Gasteiger partial charge in [0.2, 0.25) is 0 Å². The molecule has 1 saturated heterocycles. The number of hydrogen-bond acceptors (Lipinski definition) is 5. The van der Waals surface area contributed by atoms with Crippen molar-refractivity contribution in [2.45, 2.75) is 13.5 Å². The molecule has 4 N–H and O–H groups in total. The van der Waals surface area contributed by atoms with Gasteiger partial charge in [0.15, 0.2) is 0 Å². The van der Waals surface area contributed by atoms with E-state index in [2.05, 4.69) is 15.6 Å². The average Bonchev–Trinajstić information content (AvgIpc) is 2.63. The highest BCUT2D eigenvalue weighted by molar-refractivity contribution is 7.86. The van der Waals surface area contributed by atoms with Crippen LogP contribution < -0.4 is 15.8 Å². The Balaban J connectivity index is 1.59. The molecule has 2 aromatic rings. The molecule has 2 heterocycles. The lowest BCUT2D eigenvalue weighted by Gasteiger charge is -2.32. The van der Waals surface area contributed by atoms with Crippen molar-refractivity contribution < 1.29 is 17.6 Å². The fourth-order valence-corrected chi connectivity index (χ4v) is 3.72. The molecule has 0 aliphatic carbocycles. The van der Waals surface area contributed by atoms with Gasteiger partial charge in [-0.3, -0.25) is 9.88 Å². The van der Waals surface area contributed by atoms with Gasteiger partial charge in [0.05, 0.1) is 11.9 Å². The smallest absolute Gasteiger partial charge is 0.308 e. The third-order valence-corrected chi connectivity index (χ3v) is 5.57. The van der Waals surface area contributed by atoms with Gasteiger partial charge in [-0.05, 0) is 42.8 Å². The molecule has 1 fully saturated rings. The first-order valence-electron chi connectivity index (χ1n) is 8.99. The number of nitrogens with zero attached hydrogens (tertiary/aromatic N) is 3. The second kappa shape index (κ2) is 8.82. The van der Waals surface area contributed by atoms with Crippen LogP contribution in [-0.4, -0.2) is 54.8 Å². The molecule has 0 unspecified atom stereocenters. The molecular formula is C18H23FN6O3S. The fraction of sp³-hybridized carbons (Fsp3) is 0.333. The van der Waals surface area contributed by atoms with Crippen molar-refractivity contribution in [3.05, 3.63) is 53.6 Å². The second-order valence-electron chi connectivity index (χ2n) is 6.84. The van der Waals surface area contributed by atoms with Gasteiger partial charge in [0.1, 0.15) is 5.82 Å². The Labute approximate surface area is 168 Å². The van der Waals surface area contributed by atoms with Gasteiger partial charge in [-0.15, -0.1) is 0 Å². The number of hydrogen-bond donors (Lipinski definition) is 3. The lowest BCUT2D eigenvalue weighted by atomic mass is 10.1. The number of urea groups is 1. The molecule has 1 aliphatic heterocycles. The van der Waals surface area contributed by atoms with Crippen molar-refractivity contribution in [1.29, 1.82) is 0 Å². The van der Waals surface area contributed by atoms with Gasteiger partial charge < -0.3 is 10.6 Å². The van der Waals surface area contributed by atoms with E-state index in [0.717, 1.165) is 5.69 Å². The molecule has 0 saturated carbocycles. The summed E-state index contributed by atoms with van der Waals surface area (Å²) in [6.07, 6.45) is 1.53. The minimum absolute atomic E-state index is 0.284.